The normalized spacial score (nSPS) is 18.4. The molecule has 1 aromatic rings. The van der Waals surface area contributed by atoms with Crippen molar-refractivity contribution in [3.05, 3.63) is 41.6 Å². The average Bonchev–Trinajstić information content (AvgIpc) is 2.68. The van der Waals surface area contributed by atoms with Gasteiger partial charge in [0.15, 0.2) is 0 Å². The predicted octanol–water partition coefficient (Wildman–Crippen LogP) is 0.868. The molecular formula is C19H25N5O. The van der Waals surface area contributed by atoms with Crippen LogP contribution in [-0.4, -0.2) is 56.6 Å². The molecule has 1 saturated heterocycles. The molecule has 0 unspecified atom stereocenters. The van der Waals surface area contributed by atoms with E-state index in [1.165, 1.54) is 5.56 Å². The number of nitriles is 1. The van der Waals surface area contributed by atoms with Crippen LogP contribution in [0, 0.1) is 11.3 Å². The Morgan fingerprint density at radius 1 is 1.28 bits per heavy atom. The van der Waals surface area contributed by atoms with Gasteiger partial charge in [-0.1, -0.05) is 18.2 Å². The highest BCUT2D eigenvalue weighted by Gasteiger charge is 2.24. The summed E-state index contributed by atoms with van der Waals surface area (Å²) in [6.45, 7) is 6.43. The van der Waals surface area contributed by atoms with Gasteiger partial charge in [-0.15, -0.1) is 0 Å². The fourth-order valence-corrected chi connectivity index (χ4v) is 3.36. The smallest absolute Gasteiger partial charge is 0.270 e. The van der Waals surface area contributed by atoms with Crippen LogP contribution in [0.3, 0.4) is 0 Å². The zero-order chi connectivity index (χ0) is 17.5. The highest BCUT2D eigenvalue weighted by Crippen LogP contribution is 2.27. The number of carbonyl (C=O) groups is 1. The molecule has 2 aliphatic rings. The lowest BCUT2D eigenvalue weighted by molar-refractivity contribution is -0.114. The summed E-state index contributed by atoms with van der Waals surface area (Å²) in [5.74, 6) is -0.218. The van der Waals surface area contributed by atoms with Gasteiger partial charge in [0.2, 0.25) is 0 Å². The molecule has 25 heavy (non-hydrogen) atoms. The molecule has 0 atom stereocenters. The van der Waals surface area contributed by atoms with E-state index < -0.39 is 0 Å². The topological polar surface area (TPSA) is 71.4 Å². The molecular weight excluding hydrogens is 314 g/mol. The first kappa shape index (κ1) is 17.5. The van der Waals surface area contributed by atoms with E-state index in [-0.39, 0.29) is 11.5 Å². The number of piperazine rings is 1. The number of nitrogens with zero attached hydrogens (tertiary/aromatic N) is 3. The number of aryl methyl sites for hydroxylation is 1. The summed E-state index contributed by atoms with van der Waals surface area (Å²) in [5.41, 5.74) is 2.27. The van der Waals surface area contributed by atoms with E-state index in [0.29, 0.717) is 6.54 Å². The highest BCUT2D eigenvalue weighted by atomic mass is 16.2. The minimum absolute atomic E-state index is 0.164. The van der Waals surface area contributed by atoms with Crippen LogP contribution in [0.4, 0.5) is 5.69 Å². The molecule has 2 N–H and O–H groups in total. The molecule has 3 rings (SSSR count). The van der Waals surface area contributed by atoms with Gasteiger partial charge in [-0.3, -0.25) is 9.69 Å². The van der Waals surface area contributed by atoms with Crippen molar-refractivity contribution in [2.24, 2.45) is 0 Å². The summed E-state index contributed by atoms with van der Waals surface area (Å²) in [7, 11) is 0. The maximum atomic E-state index is 12.8. The maximum absolute atomic E-state index is 12.8. The Morgan fingerprint density at radius 3 is 2.88 bits per heavy atom. The van der Waals surface area contributed by atoms with Gasteiger partial charge in [0.05, 0.1) is 0 Å². The molecule has 2 aliphatic heterocycles. The largest absolute Gasteiger partial charge is 0.388 e. The van der Waals surface area contributed by atoms with E-state index in [9.17, 15) is 10.1 Å². The third kappa shape index (κ3) is 4.38. The van der Waals surface area contributed by atoms with Gasteiger partial charge in [0.1, 0.15) is 11.6 Å². The van der Waals surface area contributed by atoms with Gasteiger partial charge >= 0.3 is 0 Å². The van der Waals surface area contributed by atoms with Crippen LogP contribution in [0.15, 0.2) is 36.0 Å². The number of hydrogen-bond donors (Lipinski definition) is 2. The molecule has 132 valence electrons. The number of amides is 1. The minimum atomic E-state index is -0.218. The quantitative estimate of drug-likeness (QED) is 0.473. The van der Waals surface area contributed by atoms with Gasteiger partial charge in [0, 0.05) is 57.7 Å². The van der Waals surface area contributed by atoms with Crippen LogP contribution in [-0.2, 0) is 11.2 Å². The van der Waals surface area contributed by atoms with Gasteiger partial charge in [0.25, 0.3) is 5.91 Å². The van der Waals surface area contributed by atoms with Crippen LogP contribution in [0.1, 0.15) is 12.0 Å². The first-order valence-corrected chi connectivity index (χ1v) is 8.96. The van der Waals surface area contributed by atoms with Gasteiger partial charge in [-0.05, 0) is 24.5 Å². The summed E-state index contributed by atoms with van der Waals surface area (Å²) in [4.78, 5) is 16.9. The number of anilines is 1. The van der Waals surface area contributed by atoms with Gasteiger partial charge < -0.3 is 15.5 Å². The number of hydrogen-bond acceptors (Lipinski definition) is 5. The maximum Gasteiger partial charge on any atom is 0.270 e. The fraction of sp³-hybridized carbons (Fsp3) is 0.474. The van der Waals surface area contributed by atoms with E-state index in [0.717, 1.165) is 57.8 Å². The van der Waals surface area contributed by atoms with Crippen molar-refractivity contribution in [3.8, 4) is 6.07 Å². The third-order valence-corrected chi connectivity index (χ3v) is 4.73. The molecule has 6 nitrogen and oxygen atoms in total. The number of rotatable bonds is 5. The Morgan fingerprint density at radius 2 is 2.08 bits per heavy atom. The second kappa shape index (κ2) is 8.65. The van der Waals surface area contributed by atoms with Crippen LogP contribution in [0.25, 0.3) is 0 Å². The molecule has 1 amide bonds. The lowest BCUT2D eigenvalue weighted by Crippen LogP contribution is -2.45. The summed E-state index contributed by atoms with van der Waals surface area (Å²) in [6, 6.07) is 9.99. The summed E-state index contributed by atoms with van der Waals surface area (Å²) >= 11 is 0. The summed E-state index contributed by atoms with van der Waals surface area (Å²) in [6.07, 6.45) is 3.48. The van der Waals surface area contributed by atoms with Gasteiger partial charge in [-0.25, -0.2) is 0 Å². The number of nitrogens with one attached hydrogen (secondary N) is 2. The second-order valence-corrected chi connectivity index (χ2v) is 6.40. The van der Waals surface area contributed by atoms with Crippen LogP contribution in [0.2, 0.25) is 0 Å². The molecule has 0 radical (unpaired) electrons. The molecule has 0 aromatic heterocycles. The standard InChI is InChI=1S/C19H25N5O/c20-14-17(15-22-9-13-23-11-7-21-8-12-23)19(25)24-10-3-5-16-4-1-2-6-18(16)24/h1-2,4,6,15,21-22H,3,5,7-13H2/b17-15-. The fourth-order valence-electron chi connectivity index (χ4n) is 3.36. The Hall–Kier alpha value is -2.36. The lowest BCUT2D eigenvalue weighted by Gasteiger charge is -2.29. The Bertz CT molecular complexity index is 673. The Kier molecular flexibility index (Phi) is 6.04. The van der Waals surface area contributed by atoms with Crippen molar-refractivity contribution in [2.45, 2.75) is 12.8 Å². The molecule has 0 aliphatic carbocycles. The molecule has 0 bridgehead atoms. The SMILES string of the molecule is N#C/C(=C/NCCN1CCNCC1)C(=O)N1CCCc2ccccc21. The molecule has 0 saturated carbocycles. The van der Waals surface area contributed by atoms with Crippen molar-refractivity contribution in [1.82, 2.24) is 15.5 Å². The first-order valence-electron chi connectivity index (χ1n) is 8.96. The van der Waals surface area contributed by atoms with E-state index >= 15 is 0 Å². The Balaban J connectivity index is 1.59. The van der Waals surface area contributed by atoms with Crippen LogP contribution in [0.5, 0.6) is 0 Å². The summed E-state index contributed by atoms with van der Waals surface area (Å²) in [5, 5.41) is 15.9. The zero-order valence-corrected chi connectivity index (χ0v) is 14.5. The van der Waals surface area contributed by atoms with Crippen LogP contribution < -0.4 is 15.5 Å². The molecule has 2 heterocycles. The molecule has 1 aromatic carbocycles. The van der Waals surface area contributed by atoms with E-state index in [4.69, 9.17) is 0 Å². The number of carbonyl (C=O) groups excluding carboxylic acids is 1. The zero-order valence-electron chi connectivity index (χ0n) is 14.5. The number of para-hydroxylation sites is 1. The van der Waals surface area contributed by atoms with Crippen molar-refractivity contribution in [2.75, 3.05) is 50.7 Å². The Labute approximate surface area is 149 Å². The lowest BCUT2D eigenvalue weighted by atomic mass is 10.0. The second-order valence-electron chi connectivity index (χ2n) is 6.40. The predicted molar refractivity (Wildman–Crippen MR) is 98.1 cm³/mol. The number of benzene rings is 1. The van der Waals surface area contributed by atoms with Gasteiger partial charge in [-0.2, -0.15) is 5.26 Å². The average molecular weight is 339 g/mol. The highest BCUT2D eigenvalue weighted by molar-refractivity contribution is 6.08. The minimum Gasteiger partial charge on any atom is -0.388 e. The molecule has 0 spiro atoms. The van der Waals surface area contributed by atoms with Crippen molar-refractivity contribution in [1.29, 1.82) is 5.26 Å². The molecule has 6 heteroatoms. The van der Waals surface area contributed by atoms with Crippen molar-refractivity contribution in [3.63, 3.8) is 0 Å². The third-order valence-electron chi connectivity index (χ3n) is 4.73. The first-order chi connectivity index (χ1) is 12.3. The van der Waals surface area contributed by atoms with Crippen molar-refractivity contribution >= 4 is 11.6 Å². The number of fused-ring (bicyclic) bond motifs is 1. The van der Waals surface area contributed by atoms with E-state index in [1.807, 2.05) is 18.2 Å². The molecule has 1 fully saturated rings. The van der Waals surface area contributed by atoms with Crippen LogP contribution >= 0.6 is 0 Å². The van der Waals surface area contributed by atoms with E-state index in [2.05, 4.69) is 27.7 Å². The van der Waals surface area contributed by atoms with Crippen molar-refractivity contribution < 1.29 is 4.79 Å². The summed E-state index contributed by atoms with van der Waals surface area (Å²) < 4.78 is 0. The van der Waals surface area contributed by atoms with E-state index in [1.54, 1.807) is 11.1 Å². The monoisotopic (exact) mass is 339 g/mol.